The minimum absolute atomic E-state index is 0.00564. The highest BCUT2D eigenvalue weighted by Gasteiger charge is 2.58. The molecule has 3 aliphatic rings. The molecule has 1 spiro atoms. The first-order valence-corrected chi connectivity index (χ1v) is 10.2. The van der Waals surface area contributed by atoms with Gasteiger partial charge >= 0.3 is 0 Å². The van der Waals surface area contributed by atoms with Gasteiger partial charge in [0.15, 0.2) is 23.9 Å². The fraction of sp³-hybridized carbons (Fsp3) is 0.200. The molecule has 5 rings (SSSR count). The van der Waals surface area contributed by atoms with Gasteiger partial charge in [0.2, 0.25) is 11.7 Å². The normalized spacial score (nSPS) is 17.7. The van der Waals surface area contributed by atoms with Crippen LogP contribution in [0.15, 0.2) is 29.4 Å². The average Bonchev–Trinajstić information content (AvgIpc) is 3.48. The number of rotatable bonds is 4. The highest BCUT2D eigenvalue weighted by Crippen LogP contribution is 2.57. The van der Waals surface area contributed by atoms with Gasteiger partial charge in [-0.1, -0.05) is 28.4 Å². The van der Waals surface area contributed by atoms with Crippen LogP contribution < -0.4 is 20.7 Å². The highest BCUT2D eigenvalue weighted by atomic mass is 35.5. The van der Waals surface area contributed by atoms with Crippen LogP contribution in [0.1, 0.15) is 18.4 Å². The van der Waals surface area contributed by atoms with E-state index >= 15 is 4.39 Å². The van der Waals surface area contributed by atoms with Crippen LogP contribution in [0.4, 0.5) is 15.8 Å². The van der Waals surface area contributed by atoms with Crippen LogP contribution in [-0.4, -0.2) is 30.2 Å². The Kier molecular flexibility index (Phi) is 4.72. The number of halogens is 3. The van der Waals surface area contributed by atoms with Crippen molar-refractivity contribution < 1.29 is 28.3 Å². The molecule has 1 fully saturated rings. The molecule has 12 heteroatoms. The fourth-order valence-corrected chi connectivity index (χ4v) is 4.20. The first-order chi connectivity index (χ1) is 15.3. The van der Waals surface area contributed by atoms with Gasteiger partial charge in [-0.05, 0) is 37.1 Å². The van der Waals surface area contributed by atoms with Crippen molar-refractivity contribution in [3.8, 4) is 11.5 Å². The molecule has 1 aliphatic carbocycles. The molecule has 32 heavy (non-hydrogen) atoms. The van der Waals surface area contributed by atoms with Crippen LogP contribution in [0, 0.1) is 5.82 Å². The number of nitrogens with zero attached hydrogens (tertiary/aromatic N) is 1. The summed E-state index contributed by atoms with van der Waals surface area (Å²) in [6.45, 7) is -0.287. The molecule has 0 atom stereocenters. The molecule has 3 amide bonds. The summed E-state index contributed by atoms with van der Waals surface area (Å²) in [7, 11) is 0. The number of amides is 3. The number of fused-ring (bicyclic) bond motifs is 2. The topological polar surface area (TPSA) is 118 Å². The lowest BCUT2D eigenvalue weighted by atomic mass is 9.97. The lowest BCUT2D eigenvalue weighted by Gasteiger charge is -2.16. The SMILES string of the molecule is O=C1CON=C(C(=O)Nc2cc(Cl)c(Oc3ccc4c(c3F)C3(CC3)C(=O)N4)c(Cl)c2)N1. The van der Waals surface area contributed by atoms with Crippen LogP contribution in [0.5, 0.6) is 11.5 Å². The minimum atomic E-state index is -0.832. The maximum Gasteiger partial charge on any atom is 0.295 e. The largest absolute Gasteiger partial charge is 0.451 e. The van der Waals surface area contributed by atoms with Crippen molar-refractivity contribution in [2.75, 3.05) is 17.2 Å². The van der Waals surface area contributed by atoms with Crippen molar-refractivity contribution >= 4 is 58.1 Å². The average molecular weight is 479 g/mol. The first-order valence-electron chi connectivity index (χ1n) is 9.41. The first kappa shape index (κ1) is 20.5. The molecule has 0 bridgehead atoms. The maximum absolute atomic E-state index is 15.2. The van der Waals surface area contributed by atoms with Crippen molar-refractivity contribution in [2.24, 2.45) is 5.16 Å². The van der Waals surface area contributed by atoms with Gasteiger partial charge in [-0.25, -0.2) is 4.39 Å². The molecule has 1 saturated carbocycles. The molecular weight excluding hydrogens is 466 g/mol. The van der Waals surface area contributed by atoms with Crippen molar-refractivity contribution in [3.05, 3.63) is 45.7 Å². The number of carbonyl (C=O) groups excluding carboxylic acids is 3. The highest BCUT2D eigenvalue weighted by molar-refractivity contribution is 6.45. The van der Waals surface area contributed by atoms with E-state index in [4.69, 9.17) is 27.9 Å². The Bertz CT molecular complexity index is 1220. The Morgan fingerprint density at radius 2 is 1.91 bits per heavy atom. The van der Waals surface area contributed by atoms with Gasteiger partial charge in [0.25, 0.3) is 11.8 Å². The summed E-state index contributed by atoms with van der Waals surface area (Å²) in [5.74, 6) is -2.65. The van der Waals surface area contributed by atoms with E-state index in [1.165, 1.54) is 18.2 Å². The van der Waals surface area contributed by atoms with Gasteiger partial charge in [0.1, 0.15) is 0 Å². The minimum Gasteiger partial charge on any atom is -0.451 e. The van der Waals surface area contributed by atoms with E-state index in [0.29, 0.717) is 18.5 Å². The second-order valence-electron chi connectivity index (χ2n) is 7.42. The molecule has 2 aliphatic heterocycles. The smallest absolute Gasteiger partial charge is 0.295 e. The van der Waals surface area contributed by atoms with Crippen LogP contribution in [0.3, 0.4) is 0 Å². The number of carbonyl (C=O) groups is 3. The molecule has 0 unspecified atom stereocenters. The van der Waals surface area contributed by atoms with Crippen molar-refractivity contribution in [3.63, 3.8) is 0 Å². The van der Waals surface area contributed by atoms with E-state index in [1.54, 1.807) is 6.07 Å². The zero-order chi connectivity index (χ0) is 22.6. The van der Waals surface area contributed by atoms with E-state index in [1.807, 2.05) is 0 Å². The summed E-state index contributed by atoms with van der Waals surface area (Å²) in [5, 5.41) is 10.9. The monoisotopic (exact) mass is 478 g/mol. The molecule has 9 nitrogen and oxygen atoms in total. The number of anilines is 2. The summed E-state index contributed by atoms with van der Waals surface area (Å²) in [5.41, 5.74) is 0.0607. The van der Waals surface area contributed by atoms with Crippen LogP contribution >= 0.6 is 23.2 Å². The summed E-state index contributed by atoms with van der Waals surface area (Å²) in [4.78, 5) is 40.3. The van der Waals surface area contributed by atoms with Gasteiger partial charge in [0, 0.05) is 16.9 Å². The number of hydrogen-bond acceptors (Lipinski definition) is 6. The summed E-state index contributed by atoms with van der Waals surface area (Å²) in [6, 6.07) is 5.62. The van der Waals surface area contributed by atoms with E-state index in [-0.39, 0.29) is 51.1 Å². The third-order valence-corrected chi connectivity index (χ3v) is 5.87. The number of benzene rings is 2. The van der Waals surface area contributed by atoms with Crippen LogP contribution in [0.25, 0.3) is 0 Å². The molecule has 2 heterocycles. The van der Waals surface area contributed by atoms with Gasteiger partial charge in [0.05, 0.1) is 15.5 Å². The number of ether oxygens (including phenoxy) is 1. The molecular formula is C20H13Cl2FN4O5. The van der Waals surface area contributed by atoms with Crippen LogP contribution in [0.2, 0.25) is 10.0 Å². The van der Waals surface area contributed by atoms with E-state index in [0.717, 1.165) is 0 Å². The van der Waals surface area contributed by atoms with Crippen molar-refractivity contribution in [2.45, 2.75) is 18.3 Å². The molecule has 2 aromatic carbocycles. The number of nitrogens with one attached hydrogen (secondary N) is 3. The number of amidine groups is 1. The Labute approximate surface area is 189 Å². The molecule has 0 radical (unpaired) electrons. The maximum atomic E-state index is 15.2. The predicted molar refractivity (Wildman–Crippen MR) is 113 cm³/mol. The molecule has 164 valence electrons. The number of oxime groups is 1. The predicted octanol–water partition coefficient (Wildman–Crippen LogP) is 3.31. The Balaban J connectivity index is 1.39. The van der Waals surface area contributed by atoms with Gasteiger partial charge < -0.3 is 25.5 Å². The molecule has 3 N–H and O–H groups in total. The van der Waals surface area contributed by atoms with E-state index in [9.17, 15) is 14.4 Å². The molecule has 2 aromatic rings. The number of hydrogen-bond donors (Lipinski definition) is 3. The van der Waals surface area contributed by atoms with Gasteiger partial charge in [-0.15, -0.1) is 0 Å². The Morgan fingerprint density at radius 1 is 1.19 bits per heavy atom. The van der Waals surface area contributed by atoms with Crippen molar-refractivity contribution in [1.29, 1.82) is 0 Å². The third-order valence-electron chi connectivity index (χ3n) is 5.31. The zero-order valence-corrected chi connectivity index (χ0v) is 17.6. The zero-order valence-electron chi connectivity index (χ0n) is 16.1. The summed E-state index contributed by atoms with van der Waals surface area (Å²) < 4.78 is 20.9. The lowest BCUT2D eigenvalue weighted by molar-refractivity contribution is -0.126. The van der Waals surface area contributed by atoms with Crippen molar-refractivity contribution in [1.82, 2.24) is 5.32 Å². The molecule has 0 aromatic heterocycles. The second-order valence-corrected chi connectivity index (χ2v) is 8.24. The second kappa shape index (κ2) is 7.35. The third kappa shape index (κ3) is 3.32. The Hall–Kier alpha value is -3.37. The van der Waals surface area contributed by atoms with Gasteiger partial charge in [-0.3, -0.25) is 14.4 Å². The quantitative estimate of drug-likeness (QED) is 0.622. The lowest BCUT2D eigenvalue weighted by Crippen LogP contribution is -2.44. The van der Waals surface area contributed by atoms with E-state index < -0.39 is 23.0 Å². The van der Waals surface area contributed by atoms with E-state index in [2.05, 4.69) is 25.9 Å². The Morgan fingerprint density at radius 3 is 2.56 bits per heavy atom. The standard InChI is InChI=1S/C20H13Cl2FN4O5/c21-9-5-8(24-18(29)17-26-13(28)7-31-27-17)6-10(22)16(9)32-12-2-1-11-14(15(12)23)20(3-4-20)19(30)25-11/h1-2,5-6H,3-4,7H2,(H,24,29)(H,25,30)(H,26,27,28). The summed E-state index contributed by atoms with van der Waals surface area (Å²) in [6.07, 6.45) is 1.14. The van der Waals surface area contributed by atoms with Crippen LogP contribution in [-0.2, 0) is 24.6 Å². The molecule has 0 saturated heterocycles. The fourth-order valence-electron chi connectivity index (χ4n) is 3.64. The summed E-state index contributed by atoms with van der Waals surface area (Å²) >= 11 is 12.5. The van der Waals surface area contributed by atoms with Gasteiger partial charge in [-0.2, -0.15) is 0 Å².